The molecule has 0 aliphatic carbocycles. The molecule has 3 aromatic rings. The molecule has 2 aliphatic rings. The van der Waals surface area contributed by atoms with Crippen molar-refractivity contribution in [3.05, 3.63) is 52.9 Å². The second kappa shape index (κ2) is 10.9. The van der Waals surface area contributed by atoms with E-state index in [9.17, 15) is 18.3 Å². The van der Waals surface area contributed by atoms with Gasteiger partial charge in [0.25, 0.3) is 5.92 Å². The molecular formula is C27H32F5N5O2. The Balaban J connectivity index is 1.52. The molecule has 212 valence electrons. The van der Waals surface area contributed by atoms with Crippen LogP contribution < -0.4 is 10.1 Å². The summed E-state index contributed by atoms with van der Waals surface area (Å²) in [6.07, 6.45) is 2.31. The van der Waals surface area contributed by atoms with Crippen molar-refractivity contribution < 1.29 is 31.8 Å². The molecule has 4 heterocycles. The summed E-state index contributed by atoms with van der Waals surface area (Å²) in [7, 11) is 1.48. The predicted molar refractivity (Wildman–Crippen MR) is 137 cm³/mol. The number of hydrogen-bond donors (Lipinski definition) is 3. The number of alkyl halides is 3. The number of hydrogen-bond acceptors (Lipinski definition) is 6. The zero-order valence-corrected chi connectivity index (χ0v) is 21.8. The fraction of sp³-hybridized carbons (Fsp3) is 0.519. The number of aromatic amines is 1. The van der Waals surface area contributed by atoms with Gasteiger partial charge in [0.2, 0.25) is 5.88 Å². The van der Waals surface area contributed by atoms with E-state index in [-0.39, 0.29) is 17.3 Å². The van der Waals surface area contributed by atoms with E-state index < -0.39 is 49.5 Å². The number of aliphatic hydroxyl groups excluding tert-OH is 1. The lowest BCUT2D eigenvalue weighted by Gasteiger charge is -2.42. The van der Waals surface area contributed by atoms with Crippen LogP contribution in [0.1, 0.15) is 36.2 Å². The Hall–Kier alpha value is -2.96. The van der Waals surface area contributed by atoms with Crippen LogP contribution in [0.25, 0.3) is 10.9 Å². The second-order valence-corrected chi connectivity index (χ2v) is 10.4. The molecular weight excluding hydrogens is 521 g/mol. The summed E-state index contributed by atoms with van der Waals surface area (Å²) in [6.45, 7) is 0.935. The van der Waals surface area contributed by atoms with Crippen molar-refractivity contribution in [3.8, 4) is 5.88 Å². The summed E-state index contributed by atoms with van der Waals surface area (Å²) in [6, 6.07) is 2.30. The second-order valence-electron chi connectivity index (χ2n) is 10.4. The number of pyridine rings is 1. The zero-order valence-electron chi connectivity index (χ0n) is 21.8. The van der Waals surface area contributed by atoms with Gasteiger partial charge < -0.3 is 20.1 Å². The lowest BCUT2D eigenvalue weighted by Crippen LogP contribution is -2.54. The van der Waals surface area contributed by atoms with Gasteiger partial charge in [-0.3, -0.25) is 14.2 Å². The van der Waals surface area contributed by atoms with Gasteiger partial charge in [0.15, 0.2) is 0 Å². The van der Waals surface area contributed by atoms with E-state index in [2.05, 4.69) is 15.3 Å². The highest BCUT2D eigenvalue weighted by Gasteiger charge is 2.43. The Bertz CT molecular complexity index is 1310. The molecule has 0 spiro atoms. The van der Waals surface area contributed by atoms with Crippen molar-refractivity contribution >= 4 is 16.6 Å². The molecule has 12 heteroatoms. The highest BCUT2D eigenvalue weighted by molar-refractivity contribution is 5.85. The molecule has 5 rings (SSSR count). The average molecular weight is 554 g/mol. The SMILES string of the molecule is COc1cc2c3c([nH]c2cn1)[C@@H](c1c(F)cc(NC2CN(CCCF)C2)cc1F)N(CC(F)(F)CO)[C@H](C)C3. The van der Waals surface area contributed by atoms with E-state index in [1.807, 2.05) is 4.90 Å². The summed E-state index contributed by atoms with van der Waals surface area (Å²) in [4.78, 5) is 10.7. The van der Waals surface area contributed by atoms with E-state index >= 15 is 8.78 Å². The number of halogens is 5. The summed E-state index contributed by atoms with van der Waals surface area (Å²) < 4.78 is 78.1. The smallest absolute Gasteiger partial charge is 0.283 e. The number of likely N-dealkylation sites (tertiary alicyclic amines) is 1. The minimum absolute atomic E-state index is 0.0357. The fourth-order valence-corrected chi connectivity index (χ4v) is 5.72. The van der Waals surface area contributed by atoms with E-state index in [0.717, 1.165) is 10.9 Å². The lowest BCUT2D eigenvalue weighted by atomic mass is 9.87. The first-order valence-corrected chi connectivity index (χ1v) is 13.0. The molecule has 1 aromatic carbocycles. The molecule has 0 unspecified atom stereocenters. The molecule has 0 saturated carbocycles. The number of fused-ring (bicyclic) bond motifs is 3. The predicted octanol–water partition coefficient (Wildman–Crippen LogP) is 4.27. The number of benzene rings is 1. The van der Waals surface area contributed by atoms with Crippen LogP contribution in [-0.2, 0) is 6.42 Å². The standard InChI is InChI=1S/C27H32F5N5O2/c1-15-6-19-18-9-23(39-2)33-10-22(18)35-25(19)26(37(15)13-27(31,32)14-38)24-20(29)7-16(8-21(24)30)34-17-11-36(12-17)5-3-4-28/h7-10,15,17,26,34-35,38H,3-6,11-14H2,1-2H3/t15-,26-/m1/s1. The number of aromatic nitrogens is 2. The molecule has 1 saturated heterocycles. The minimum Gasteiger partial charge on any atom is -0.481 e. The highest BCUT2D eigenvalue weighted by Crippen LogP contribution is 2.44. The largest absolute Gasteiger partial charge is 0.481 e. The minimum atomic E-state index is -3.48. The Labute approximate surface area is 223 Å². The van der Waals surface area contributed by atoms with E-state index in [1.54, 1.807) is 13.0 Å². The Morgan fingerprint density at radius 3 is 2.56 bits per heavy atom. The molecule has 39 heavy (non-hydrogen) atoms. The quantitative estimate of drug-likeness (QED) is 0.326. The number of aliphatic hydroxyl groups is 1. The average Bonchev–Trinajstić information content (AvgIpc) is 3.23. The van der Waals surface area contributed by atoms with Crippen molar-refractivity contribution in [2.24, 2.45) is 0 Å². The summed E-state index contributed by atoms with van der Waals surface area (Å²) in [5.74, 6) is -4.87. The van der Waals surface area contributed by atoms with Crippen molar-refractivity contribution in [2.45, 2.75) is 43.8 Å². The van der Waals surface area contributed by atoms with Gasteiger partial charge >= 0.3 is 0 Å². The van der Waals surface area contributed by atoms with E-state index in [1.165, 1.54) is 30.3 Å². The fourth-order valence-electron chi connectivity index (χ4n) is 5.72. The van der Waals surface area contributed by atoms with Crippen LogP contribution in [0.5, 0.6) is 5.88 Å². The maximum absolute atomic E-state index is 15.8. The Morgan fingerprint density at radius 2 is 1.92 bits per heavy atom. The van der Waals surface area contributed by atoms with Gasteiger partial charge in [-0.25, -0.2) is 22.5 Å². The normalized spacial score (nSPS) is 20.7. The first-order chi connectivity index (χ1) is 18.6. The number of anilines is 1. The summed E-state index contributed by atoms with van der Waals surface area (Å²) >= 11 is 0. The van der Waals surface area contributed by atoms with Gasteiger partial charge in [-0.05, 0) is 37.5 Å². The van der Waals surface area contributed by atoms with Crippen LogP contribution in [0.15, 0.2) is 24.4 Å². The topological polar surface area (TPSA) is 76.7 Å². The van der Waals surface area contributed by atoms with Gasteiger partial charge in [0.05, 0.1) is 44.1 Å². The van der Waals surface area contributed by atoms with Crippen LogP contribution in [0, 0.1) is 11.6 Å². The van der Waals surface area contributed by atoms with Crippen LogP contribution in [-0.4, -0.2) is 89.5 Å². The number of nitrogens with zero attached hydrogens (tertiary/aromatic N) is 3. The van der Waals surface area contributed by atoms with Crippen molar-refractivity contribution in [2.75, 3.05) is 51.9 Å². The van der Waals surface area contributed by atoms with Crippen LogP contribution in [0.2, 0.25) is 0 Å². The molecule has 0 bridgehead atoms. The Kier molecular flexibility index (Phi) is 7.71. The molecule has 3 N–H and O–H groups in total. The molecule has 0 radical (unpaired) electrons. The van der Waals surface area contributed by atoms with Gasteiger partial charge in [0, 0.05) is 54.1 Å². The maximum Gasteiger partial charge on any atom is 0.283 e. The van der Waals surface area contributed by atoms with Gasteiger partial charge in [-0.1, -0.05) is 0 Å². The Morgan fingerprint density at radius 1 is 1.21 bits per heavy atom. The van der Waals surface area contributed by atoms with E-state index in [4.69, 9.17) is 4.74 Å². The summed E-state index contributed by atoms with van der Waals surface area (Å²) in [5.41, 5.74) is 1.62. The monoisotopic (exact) mass is 553 g/mol. The van der Waals surface area contributed by atoms with Crippen molar-refractivity contribution in [3.63, 3.8) is 0 Å². The number of ether oxygens (including phenoxy) is 1. The lowest BCUT2D eigenvalue weighted by molar-refractivity contribution is -0.0869. The van der Waals surface area contributed by atoms with Crippen LogP contribution in [0.4, 0.5) is 27.6 Å². The number of nitrogens with one attached hydrogen (secondary N) is 2. The molecule has 2 atom stereocenters. The molecule has 1 fully saturated rings. The van der Waals surface area contributed by atoms with Gasteiger partial charge in [-0.2, -0.15) is 0 Å². The molecule has 0 amide bonds. The third-order valence-electron chi connectivity index (χ3n) is 7.61. The molecule has 2 aliphatic heterocycles. The summed E-state index contributed by atoms with van der Waals surface area (Å²) in [5, 5.41) is 13.1. The van der Waals surface area contributed by atoms with Crippen molar-refractivity contribution in [1.82, 2.24) is 19.8 Å². The number of methoxy groups -OCH3 is 1. The van der Waals surface area contributed by atoms with Crippen LogP contribution in [0.3, 0.4) is 0 Å². The molecule has 7 nitrogen and oxygen atoms in total. The van der Waals surface area contributed by atoms with Gasteiger partial charge in [0.1, 0.15) is 18.2 Å². The first kappa shape index (κ1) is 27.6. The number of H-pyrrole nitrogens is 1. The first-order valence-electron chi connectivity index (χ1n) is 13.0. The third kappa shape index (κ3) is 5.42. The molecule has 2 aromatic heterocycles. The third-order valence-corrected chi connectivity index (χ3v) is 7.61. The highest BCUT2D eigenvalue weighted by atomic mass is 19.3. The maximum atomic E-state index is 15.8. The zero-order chi connectivity index (χ0) is 27.9. The number of rotatable bonds is 10. The van der Waals surface area contributed by atoms with Crippen molar-refractivity contribution in [1.29, 1.82) is 0 Å². The van der Waals surface area contributed by atoms with Gasteiger partial charge in [-0.15, -0.1) is 0 Å². The van der Waals surface area contributed by atoms with E-state index in [0.29, 0.717) is 49.6 Å². The van der Waals surface area contributed by atoms with Crippen LogP contribution >= 0.6 is 0 Å².